The molecule has 0 saturated carbocycles. The molecule has 13 heteroatoms. The van der Waals surface area contributed by atoms with E-state index >= 15 is 0 Å². The van der Waals surface area contributed by atoms with Gasteiger partial charge in [0.1, 0.15) is 29.4 Å². The lowest BCUT2D eigenvalue weighted by atomic mass is 9.81. The topological polar surface area (TPSA) is 128 Å². The van der Waals surface area contributed by atoms with Crippen LogP contribution in [0.4, 0.5) is 5.82 Å². The summed E-state index contributed by atoms with van der Waals surface area (Å²) in [5.41, 5.74) is 2.93. The van der Waals surface area contributed by atoms with E-state index in [4.69, 9.17) is 27.9 Å². The molecule has 1 fully saturated rings. The molecule has 208 valence electrons. The van der Waals surface area contributed by atoms with Crippen LogP contribution < -0.4 is 9.64 Å². The van der Waals surface area contributed by atoms with Crippen molar-refractivity contribution in [3.8, 4) is 23.1 Å². The van der Waals surface area contributed by atoms with Crippen molar-refractivity contribution < 1.29 is 13.2 Å². The van der Waals surface area contributed by atoms with E-state index < -0.39 is 16.1 Å². The SMILES string of the molecule is C[C@@H](Oc1ccc2[nH]nc(-c3cnc(N4CC(C)(CN(C)S(C)(=O)=O)C4)c(C#N)c3)c2c1)c1c(Cl)cncc1Cl. The molecule has 0 amide bonds. The molecule has 1 aliphatic rings. The van der Waals surface area contributed by atoms with Crippen LogP contribution in [0.1, 0.15) is 31.1 Å². The molecule has 0 aliphatic carbocycles. The Hall–Kier alpha value is -3.43. The lowest BCUT2D eigenvalue weighted by molar-refractivity contribution is 0.198. The Morgan fingerprint density at radius 2 is 1.93 bits per heavy atom. The summed E-state index contributed by atoms with van der Waals surface area (Å²) in [6.07, 6.45) is 5.51. The average Bonchev–Trinajstić information content (AvgIpc) is 3.29. The van der Waals surface area contributed by atoms with Gasteiger partial charge in [0.05, 0.1) is 27.4 Å². The molecule has 1 aliphatic heterocycles. The molecule has 5 rings (SSSR count). The number of aromatic amines is 1. The minimum atomic E-state index is -3.27. The fourth-order valence-corrected chi connectivity index (χ4v) is 6.28. The first-order valence-corrected chi connectivity index (χ1v) is 15.0. The predicted molar refractivity (Wildman–Crippen MR) is 155 cm³/mol. The molecule has 1 saturated heterocycles. The van der Waals surface area contributed by atoms with Crippen molar-refractivity contribution in [3.05, 3.63) is 64.0 Å². The highest BCUT2D eigenvalue weighted by molar-refractivity contribution is 7.88. The second kappa shape index (κ2) is 10.5. The molecule has 3 aromatic heterocycles. The highest BCUT2D eigenvalue weighted by Gasteiger charge is 2.42. The molecule has 4 aromatic rings. The van der Waals surface area contributed by atoms with E-state index in [0.29, 0.717) is 63.6 Å². The summed E-state index contributed by atoms with van der Waals surface area (Å²) >= 11 is 12.6. The summed E-state index contributed by atoms with van der Waals surface area (Å²) in [6, 6.07) is 9.58. The number of anilines is 1. The van der Waals surface area contributed by atoms with Gasteiger partial charge in [-0.1, -0.05) is 30.1 Å². The van der Waals surface area contributed by atoms with Gasteiger partial charge in [-0.05, 0) is 31.2 Å². The second-order valence-electron chi connectivity index (χ2n) is 10.4. The van der Waals surface area contributed by atoms with Crippen LogP contribution >= 0.6 is 23.2 Å². The number of nitrogens with zero attached hydrogens (tertiary/aromatic N) is 6. The molecule has 0 radical (unpaired) electrons. The normalized spacial score (nSPS) is 15.6. The first-order chi connectivity index (χ1) is 18.9. The van der Waals surface area contributed by atoms with Gasteiger partial charge in [-0.2, -0.15) is 10.4 Å². The Morgan fingerprint density at radius 1 is 1.23 bits per heavy atom. The van der Waals surface area contributed by atoms with Crippen molar-refractivity contribution in [2.45, 2.75) is 20.0 Å². The third kappa shape index (κ3) is 5.45. The monoisotopic (exact) mass is 599 g/mol. The summed E-state index contributed by atoms with van der Waals surface area (Å²) in [5.74, 6) is 1.16. The van der Waals surface area contributed by atoms with Crippen LogP contribution in [0.5, 0.6) is 5.75 Å². The summed E-state index contributed by atoms with van der Waals surface area (Å²) in [6.45, 7) is 5.45. The molecule has 0 bridgehead atoms. The van der Waals surface area contributed by atoms with Gasteiger partial charge < -0.3 is 9.64 Å². The zero-order valence-electron chi connectivity index (χ0n) is 22.3. The molecule has 40 heavy (non-hydrogen) atoms. The van der Waals surface area contributed by atoms with Gasteiger partial charge >= 0.3 is 0 Å². The molecule has 1 aromatic carbocycles. The van der Waals surface area contributed by atoms with Gasteiger partial charge in [0.25, 0.3) is 0 Å². The fourth-order valence-electron chi connectivity index (χ4n) is 5.06. The maximum absolute atomic E-state index is 11.8. The highest BCUT2D eigenvalue weighted by atomic mass is 35.5. The minimum Gasteiger partial charge on any atom is -0.486 e. The first-order valence-electron chi connectivity index (χ1n) is 12.4. The van der Waals surface area contributed by atoms with E-state index in [0.717, 1.165) is 10.9 Å². The maximum Gasteiger partial charge on any atom is 0.210 e. The predicted octanol–water partition coefficient (Wildman–Crippen LogP) is 5.06. The number of aromatic nitrogens is 4. The van der Waals surface area contributed by atoms with Crippen LogP contribution in [0.3, 0.4) is 0 Å². The summed E-state index contributed by atoms with van der Waals surface area (Å²) in [7, 11) is -1.70. The number of nitriles is 1. The average molecular weight is 601 g/mol. The Labute approximate surface area is 242 Å². The Bertz CT molecular complexity index is 1730. The van der Waals surface area contributed by atoms with Crippen LogP contribution in [0.2, 0.25) is 10.0 Å². The third-order valence-electron chi connectivity index (χ3n) is 7.02. The number of nitrogens with one attached hydrogen (secondary N) is 1. The molecule has 10 nitrogen and oxygen atoms in total. The number of rotatable bonds is 8. The zero-order valence-corrected chi connectivity index (χ0v) is 24.6. The smallest absolute Gasteiger partial charge is 0.210 e. The van der Waals surface area contributed by atoms with E-state index in [2.05, 4.69) is 26.2 Å². The van der Waals surface area contributed by atoms with E-state index in [1.807, 2.05) is 36.9 Å². The number of pyridine rings is 2. The maximum atomic E-state index is 11.8. The first kappa shape index (κ1) is 28.1. The van der Waals surface area contributed by atoms with Gasteiger partial charge in [0, 0.05) is 67.2 Å². The van der Waals surface area contributed by atoms with E-state index in [1.165, 1.54) is 23.0 Å². The number of hydrogen-bond donors (Lipinski definition) is 1. The Kier molecular flexibility index (Phi) is 7.39. The van der Waals surface area contributed by atoms with Gasteiger partial charge in [0.2, 0.25) is 10.0 Å². The lowest BCUT2D eigenvalue weighted by Gasteiger charge is -2.50. The molecule has 0 spiro atoms. The van der Waals surface area contributed by atoms with Crippen molar-refractivity contribution in [3.63, 3.8) is 0 Å². The van der Waals surface area contributed by atoms with Crippen LogP contribution in [-0.2, 0) is 10.0 Å². The quantitative estimate of drug-likeness (QED) is 0.298. The van der Waals surface area contributed by atoms with Gasteiger partial charge in [-0.3, -0.25) is 10.1 Å². The number of hydrogen-bond acceptors (Lipinski definition) is 8. The van der Waals surface area contributed by atoms with Gasteiger partial charge in [0.15, 0.2) is 0 Å². The number of sulfonamides is 1. The Morgan fingerprint density at radius 3 is 2.58 bits per heavy atom. The minimum absolute atomic E-state index is 0.235. The number of H-pyrrole nitrogens is 1. The summed E-state index contributed by atoms with van der Waals surface area (Å²) < 4.78 is 31.2. The zero-order chi connectivity index (χ0) is 28.8. The van der Waals surface area contributed by atoms with Crippen LogP contribution in [0, 0.1) is 16.7 Å². The van der Waals surface area contributed by atoms with Crippen LogP contribution in [0.25, 0.3) is 22.2 Å². The van der Waals surface area contributed by atoms with E-state index in [1.54, 1.807) is 19.3 Å². The fraction of sp³-hybridized carbons (Fsp3) is 0.333. The lowest BCUT2D eigenvalue weighted by Crippen LogP contribution is -2.60. The van der Waals surface area contributed by atoms with Crippen molar-refractivity contribution in [1.82, 2.24) is 24.5 Å². The van der Waals surface area contributed by atoms with Gasteiger partial charge in [-0.25, -0.2) is 17.7 Å². The third-order valence-corrected chi connectivity index (χ3v) is 8.88. The second-order valence-corrected chi connectivity index (χ2v) is 13.4. The number of fused-ring (bicyclic) bond motifs is 1. The number of halogens is 2. The standard InChI is InChI=1S/C27H27Cl2N7O3S/c1-16(24-21(28)11-31-12-22(24)29)39-19-5-6-23-20(8-19)25(34-33-23)18-7-17(9-30)26(32-10-18)36-14-27(2,15-36)13-35(3)40(4,37)38/h5-8,10-12,16H,13-15H2,1-4H3,(H,33,34)/t16-/m1/s1. The van der Waals surface area contributed by atoms with Crippen molar-refractivity contribution >= 4 is 49.9 Å². The summed E-state index contributed by atoms with van der Waals surface area (Å²) in [4.78, 5) is 10.6. The largest absolute Gasteiger partial charge is 0.486 e. The number of benzene rings is 1. The van der Waals surface area contributed by atoms with Crippen molar-refractivity contribution in [1.29, 1.82) is 5.26 Å². The van der Waals surface area contributed by atoms with E-state index in [-0.39, 0.29) is 5.41 Å². The molecule has 1 atom stereocenters. The number of ether oxygens (including phenoxy) is 1. The van der Waals surface area contributed by atoms with Crippen LogP contribution in [-0.4, -0.2) is 65.8 Å². The summed E-state index contributed by atoms with van der Waals surface area (Å²) in [5, 5.41) is 19.1. The van der Waals surface area contributed by atoms with Gasteiger partial charge in [-0.15, -0.1) is 0 Å². The molecular weight excluding hydrogens is 573 g/mol. The molecule has 1 N–H and O–H groups in total. The molecule has 0 unspecified atom stereocenters. The van der Waals surface area contributed by atoms with Crippen molar-refractivity contribution in [2.24, 2.45) is 5.41 Å². The Balaban J connectivity index is 1.38. The molecular formula is C27H27Cl2N7O3S. The van der Waals surface area contributed by atoms with Crippen molar-refractivity contribution in [2.75, 3.05) is 37.8 Å². The highest BCUT2D eigenvalue weighted by Crippen LogP contribution is 2.38. The molecule has 4 heterocycles. The van der Waals surface area contributed by atoms with Crippen LogP contribution in [0.15, 0.2) is 42.9 Å². The van der Waals surface area contributed by atoms with E-state index in [9.17, 15) is 13.7 Å².